The van der Waals surface area contributed by atoms with Gasteiger partial charge < -0.3 is 15.7 Å². The molecule has 0 radical (unpaired) electrons. The molecule has 0 aliphatic carbocycles. The molecule has 0 bridgehead atoms. The van der Waals surface area contributed by atoms with Crippen LogP contribution in [0, 0.1) is 6.92 Å². The normalized spacial score (nSPS) is 17.1. The monoisotopic (exact) mass is 328 g/mol. The molecule has 24 heavy (non-hydrogen) atoms. The van der Waals surface area contributed by atoms with Crippen LogP contribution in [0.4, 0.5) is 0 Å². The minimum absolute atomic E-state index is 0.000730. The number of hydrogen-bond donors (Lipinski definition) is 2. The van der Waals surface area contributed by atoms with E-state index in [0.29, 0.717) is 31.5 Å². The van der Waals surface area contributed by atoms with Crippen molar-refractivity contribution in [2.45, 2.75) is 25.4 Å². The molecule has 6 nitrogen and oxygen atoms in total. The Morgan fingerprint density at radius 1 is 1.38 bits per heavy atom. The number of likely N-dealkylation sites (tertiary alicyclic amines) is 1. The van der Waals surface area contributed by atoms with E-state index in [-0.39, 0.29) is 12.5 Å². The summed E-state index contributed by atoms with van der Waals surface area (Å²) in [7, 11) is 1.88. The third-order valence-corrected chi connectivity index (χ3v) is 4.86. The maximum atomic E-state index is 12.8. The second-order valence-electron chi connectivity index (χ2n) is 6.65. The summed E-state index contributed by atoms with van der Waals surface area (Å²) in [6, 6.07) is 5.76. The average Bonchev–Trinajstić information content (AvgIpc) is 3.01. The molecule has 2 aromatic rings. The fraction of sp³-hybridized carbons (Fsp3) is 0.444. The highest BCUT2D eigenvalue weighted by molar-refractivity contribution is 5.95. The van der Waals surface area contributed by atoms with Crippen LogP contribution in [-0.2, 0) is 7.05 Å². The van der Waals surface area contributed by atoms with E-state index >= 15 is 0 Å². The molecule has 1 aliphatic rings. The Morgan fingerprint density at radius 2 is 2.08 bits per heavy atom. The second kappa shape index (κ2) is 6.37. The quantitative estimate of drug-likeness (QED) is 0.890. The van der Waals surface area contributed by atoms with Crippen LogP contribution < -0.4 is 5.73 Å². The van der Waals surface area contributed by atoms with Crippen LogP contribution in [0.25, 0.3) is 11.1 Å². The van der Waals surface area contributed by atoms with Gasteiger partial charge in [0.05, 0.1) is 11.8 Å². The van der Waals surface area contributed by atoms with Gasteiger partial charge in [-0.3, -0.25) is 9.48 Å². The maximum absolute atomic E-state index is 12.8. The third-order valence-electron chi connectivity index (χ3n) is 4.86. The molecule has 1 aliphatic heterocycles. The first-order valence-corrected chi connectivity index (χ1v) is 8.23. The number of nitrogens with zero attached hydrogens (tertiary/aromatic N) is 3. The molecule has 3 rings (SSSR count). The number of carbonyl (C=O) groups excluding carboxylic acids is 1. The van der Waals surface area contributed by atoms with Gasteiger partial charge in [0.15, 0.2) is 0 Å². The standard InChI is InChI=1S/C18H24N4O2/c1-13-3-4-14(9-16(13)15-10-20-21(2)11-15)17(23)22-7-5-18(24,12-19)6-8-22/h3-4,9-11,24H,5-8,12,19H2,1-2H3. The zero-order valence-electron chi connectivity index (χ0n) is 14.2. The number of aromatic nitrogens is 2. The second-order valence-corrected chi connectivity index (χ2v) is 6.65. The molecule has 128 valence electrons. The highest BCUT2D eigenvalue weighted by atomic mass is 16.3. The van der Waals surface area contributed by atoms with Crippen LogP contribution in [0.5, 0.6) is 0 Å². The molecular formula is C18H24N4O2. The summed E-state index contributed by atoms with van der Waals surface area (Å²) in [6.07, 6.45) is 4.80. The Labute approximate surface area is 141 Å². The number of nitrogens with two attached hydrogens (primary N) is 1. The van der Waals surface area contributed by atoms with Gasteiger partial charge in [0, 0.05) is 44.0 Å². The largest absolute Gasteiger partial charge is 0.388 e. The number of rotatable bonds is 3. The van der Waals surface area contributed by atoms with Crippen molar-refractivity contribution in [2.75, 3.05) is 19.6 Å². The van der Waals surface area contributed by atoms with Crippen molar-refractivity contribution in [3.8, 4) is 11.1 Å². The lowest BCUT2D eigenvalue weighted by molar-refractivity contribution is -0.00951. The molecule has 3 N–H and O–H groups in total. The molecule has 0 unspecified atom stereocenters. The highest BCUT2D eigenvalue weighted by Crippen LogP contribution is 2.26. The van der Waals surface area contributed by atoms with Crippen molar-refractivity contribution in [3.63, 3.8) is 0 Å². The summed E-state index contributed by atoms with van der Waals surface area (Å²) in [4.78, 5) is 14.6. The van der Waals surface area contributed by atoms with Crippen molar-refractivity contribution in [3.05, 3.63) is 41.7 Å². The molecule has 0 saturated carbocycles. The topological polar surface area (TPSA) is 84.4 Å². The third kappa shape index (κ3) is 3.20. The van der Waals surface area contributed by atoms with Gasteiger partial charge in [-0.1, -0.05) is 6.07 Å². The van der Waals surface area contributed by atoms with E-state index < -0.39 is 5.60 Å². The van der Waals surface area contributed by atoms with Crippen molar-refractivity contribution >= 4 is 5.91 Å². The molecule has 0 spiro atoms. The van der Waals surface area contributed by atoms with E-state index in [4.69, 9.17) is 5.73 Å². The fourth-order valence-corrected chi connectivity index (χ4v) is 3.14. The summed E-state index contributed by atoms with van der Waals surface area (Å²) in [5.74, 6) is -0.000730. The van der Waals surface area contributed by atoms with Gasteiger partial charge in [0.25, 0.3) is 5.91 Å². The van der Waals surface area contributed by atoms with Gasteiger partial charge in [0.2, 0.25) is 0 Å². The Kier molecular flexibility index (Phi) is 4.43. The maximum Gasteiger partial charge on any atom is 0.253 e. The van der Waals surface area contributed by atoms with Crippen LogP contribution in [-0.4, -0.2) is 50.9 Å². The molecule has 0 atom stereocenters. The predicted molar refractivity (Wildman–Crippen MR) is 92.5 cm³/mol. The summed E-state index contributed by atoms with van der Waals surface area (Å²) in [5, 5.41) is 14.4. The van der Waals surface area contributed by atoms with Gasteiger partial charge >= 0.3 is 0 Å². The molecule has 1 aromatic carbocycles. The van der Waals surface area contributed by atoms with E-state index in [1.165, 1.54) is 0 Å². The molecule has 1 amide bonds. The number of benzene rings is 1. The Balaban J connectivity index is 1.81. The van der Waals surface area contributed by atoms with Gasteiger partial charge in [-0.05, 0) is 43.0 Å². The zero-order valence-corrected chi connectivity index (χ0v) is 14.2. The number of amides is 1. The van der Waals surface area contributed by atoms with Crippen molar-refractivity contribution in [1.29, 1.82) is 0 Å². The lowest BCUT2D eigenvalue weighted by atomic mass is 9.91. The van der Waals surface area contributed by atoms with E-state index in [9.17, 15) is 9.90 Å². The van der Waals surface area contributed by atoms with Gasteiger partial charge in [-0.2, -0.15) is 5.10 Å². The first kappa shape index (κ1) is 16.7. The zero-order chi connectivity index (χ0) is 17.3. The Hall–Kier alpha value is -2.18. The Bertz CT molecular complexity index is 745. The van der Waals surface area contributed by atoms with Crippen LogP contribution in [0.2, 0.25) is 0 Å². The molecule has 1 saturated heterocycles. The first-order chi connectivity index (χ1) is 11.4. The summed E-state index contributed by atoms with van der Waals surface area (Å²) >= 11 is 0. The van der Waals surface area contributed by atoms with Crippen molar-refractivity contribution in [1.82, 2.24) is 14.7 Å². The molecular weight excluding hydrogens is 304 g/mol. The average molecular weight is 328 g/mol. The van der Waals surface area contributed by atoms with Crippen LogP contribution in [0.1, 0.15) is 28.8 Å². The number of aliphatic hydroxyl groups is 1. The van der Waals surface area contributed by atoms with Crippen LogP contribution in [0.15, 0.2) is 30.6 Å². The Morgan fingerprint density at radius 3 is 2.67 bits per heavy atom. The van der Waals surface area contributed by atoms with Crippen LogP contribution in [0.3, 0.4) is 0 Å². The number of piperidine rings is 1. The van der Waals surface area contributed by atoms with E-state index in [1.54, 1.807) is 15.8 Å². The highest BCUT2D eigenvalue weighted by Gasteiger charge is 2.32. The number of carbonyl (C=O) groups is 1. The van der Waals surface area contributed by atoms with Gasteiger partial charge in [-0.15, -0.1) is 0 Å². The van der Waals surface area contributed by atoms with E-state index in [1.807, 2.05) is 38.4 Å². The predicted octanol–water partition coefficient (Wildman–Crippen LogP) is 1.32. The molecule has 2 heterocycles. The van der Waals surface area contributed by atoms with Gasteiger partial charge in [-0.25, -0.2) is 0 Å². The van der Waals surface area contributed by atoms with Crippen molar-refractivity contribution < 1.29 is 9.90 Å². The van der Waals surface area contributed by atoms with Gasteiger partial charge in [0.1, 0.15) is 0 Å². The minimum Gasteiger partial charge on any atom is -0.388 e. The van der Waals surface area contributed by atoms with Crippen molar-refractivity contribution in [2.24, 2.45) is 12.8 Å². The fourth-order valence-electron chi connectivity index (χ4n) is 3.14. The smallest absolute Gasteiger partial charge is 0.253 e. The first-order valence-electron chi connectivity index (χ1n) is 8.23. The van der Waals surface area contributed by atoms with Crippen LogP contribution >= 0.6 is 0 Å². The number of aryl methyl sites for hydroxylation is 2. The summed E-state index contributed by atoms with van der Waals surface area (Å²) in [6.45, 7) is 3.33. The molecule has 1 aromatic heterocycles. The lowest BCUT2D eigenvalue weighted by Crippen LogP contribution is -2.50. The summed E-state index contributed by atoms with van der Waals surface area (Å²) < 4.78 is 1.75. The lowest BCUT2D eigenvalue weighted by Gasteiger charge is -2.37. The SMILES string of the molecule is Cc1ccc(C(=O)N2CCC(O)(CN)CC2)cc1-c1cnn(C)c1. The van der Waals surface area contributed by atoms with E-state index in [0.717, 1.165) is 16.7 Å². The summed E-state index contributed by atoms with van der Waals surface area (Å²) in [5.41, 5.74) is 8.57. The minimum atomic E-state index is -0.828. The molecule has 1 fully saturated rings. The molecule has 6 heteroatoms. The van der Waals surface area contributed by atoms with E-state index in [2.05, 4.69) is 5.10 Å². The number of hydrogen-bond acceptors (Lipinski definition) is 4.